The molecule has 0 aromatic heterocycles. The van der Waals surface area contributed by atoms with E-state index in [0.717, 1.165) is 20.4 Å². The number of hydrogen-bond acceptors (Lipinski definition) is 2. The van der Waals surface area contributed by atoms with E-state index < -0.39 is 10.9 Å². The van der Waals surface area contributed by atoms with Gasteiger partial charge in [0.1, 0.15) is 22.2 Å². The van der Waals surface area contributed by atoms with Crippen LogP contribution in [0.15, 0.2) is 93.5 Å². The Hall–Kier alpha value is -2.39. The van der Waals surface area contributed by atoms with Crippen LogP contribution < -0.4 is 4.74 Å². The summed E-state index contributed by atoms with van der Waals surface area (Å²) in [6.07, 6.45) is 0. The van der Waals surface area contributed by atoms with E-state index in [2.05, 4.69) is 24.3 Å². The molecular formula is C22H23O2S+. The minimum Gasteiger partial charge on any atom is -0.503 e. The van der Waals surface area contributed by atoms with E-state index in [-0.39, 0.29) is 11.4 Å². The molecule has 3 aromatic rings. The van der Waals surface area contributed by atoms with Crippen molar-refractivity contribution in [3.05, 3.63) is 78.9 Å². The summed E-state index contributed by atoms with van der Waals surface area (Å²) in [5.41, 5.74) is -0.285. The van der Waals surface area contributed by atoms with Crippen molar-refractivity contribution in [2.45, 2.75) is 41.1 Å². The Balaban J connectivity index is 2.12. The molecule has 1 N–H and O–H groups in total. The van der Waals surface area contributed by atoms with Gasteiger partial charge in [-0.05, 0) is 57.2 Å². The van der Waals surface area contributed by atoms with Gasteiger partial charge >= 0.3 is 0 Å². The Morgan fingerprint density at radius 1 is 0.760 bits per heavy atom. The van der Waals surface area contributed by atoms with E-state index in [0.29, 0.717) is 0 Å². The molecule has 0 amide bonds. The molecule has 0 fully saturated rings. The molecule has 0 heterocycles. The minimum atomic E-state index is -0.395. The quantitative estimate of drug-likeness (QED) is 0.614. The number of phenols is 1. The molecule has 2 nitrogen and oxygen atoms in total. The first-order valence-electron chi connectivity index (χ1n) is 8.30. The topological polar surface area (TPSA) is 29.5 Å². The third kappa shape index (κ3) is 4.37. The lowest BCUT2D eigenvalue weighted by molar-refractivity contribution is 0.130. The zero-order chi connectivity index (χ0) is 17.9. The van der Waals surface area contributed by atoms with E-state index in [1.165, 1.54) is 0 Å². The van der Waals surface area contributed by atoms with Gasteiger partial charge in [0.15, 0.2) is 15.5 Å². The highest BCUT2D eigenvalue weighted by atomic mass is 32.2. The van der Waals surface area contributed by atoms with E-state index >= 15 is 0 Å². The van der Waals surface area contributed by atoms with Crippen LogP contribution in [0.25, 0.3) is 0 Å². The molecule has 0 saturated heterocycles. The average Bonchev–Trinajstić information content (AvgIpc) is 2.59. The summed E-state index contributed by atoms with van der Waals surface area (Å²) < 4.78 is 6.01. The monoisotopic (exact) mass is 351 g/mol. The molecule has 25 heavy (non-hydrogen) atoms. The molecule has 3 rings (SSSR count). The Bertz CT molecular complexity index is 784. The maximum absolute atomic E-state index is 10.6. The second-order valence-corrected chi connectivity index (χ2v) is 8.77. The molecule has 3 aromatic carbocycles. The molecule has 0 aliphatic heterocycles. The summed E-state index contributed by atoms with van der Waals surface area (Å²) in [6.45, 7) is 6.06. The van der Waals surface area contributed by atoms with E-state index in [1.807, 2.05) is 69.3 Å². The van der Waals surface area contributed by atoms with Crippen LogP contribution in [-0.2, 0) is 10.9 Å². The Morgan fingerprint density at radius 2 is 1.28 bits per heavy atom. The molecule has 0 bridgehead atoms. The molecule has 0 atom stereocenters. The van der Waals surface area contributed by atoms with E-state index in [9.17, 15) is 5.11 Å². The fraction of sp³-hybridized carbons (Fsp3) is 0.182. The number of phenolic OH excluding ortho intramolecular Hbond substituents is 1. The maximum atomic E-state index is 10.6. The van der Waals surface area contributed by atoms with Crippen LogP contribution in [0.3, 0.4) is 0 Å². The first-order valence-corrected chi connectivity index (χ1v) is 9.53. The molecule has 128 valence electrons. The van der Waals surface area contributed by atoms with Gasteiger partial charge < -0.3 is 9.84 Å². The maximum Gasteiger partial charge on any atom is 0.211 e. The lowest BCUT2D eigenvalue weighted by atomic mass is 10.2. The third-order valence-corrected chi connectivity index (χ3v) is 5.79. The lowest BCUT2D eigenvalue weighted by Crippen LogP contribution is -2.23. The molecule has 0 aliphatic carbocycles. The Morgan fingerprint density at radius 3 is 1.76 bits per heavy atom. The van der Waals surface area contributed by atoms with Gasteiger partial charge in [0, 0.05) is 6.07 Å². The van der Waals surface area contributed by atoms with Crippen LogP contribution in [0.4, 0.5) is 0 Å². The number of aromatic hydroxyl groups is 1. The van der Waals surface area contributed by atoms with Crippen LogP contribution >= 0.6 is 0 Å². The predicted octanol–water partition coefficient (Wildman–Crippen LogP) is 5.66. The molecule has 0 saturated carbocycles. The molecular weight excluding hydrogens is 328 g/mol. The van der Waals surface area contributed by atoms with Crippen LogP contribution in [-0.4, -0.2) is 10.7 Å². The van der Waals surface area contributed by atoms with Gasteiger partial charge in [-0.25, -0.2) is 0 Å². The summed E-state index contributed by atoms with van der Waals surface area (Å²) in [4.78, 5) is 3.20. The van der Waals surface area contributed by atoms with Crippen molar-refractivity contribution in [1.29, 1.82) is 0 Å². The number of hydrogen-bond donors (Lipinski definition) is 1. The highest BCUT2D eigenvalue weighted by Crippen LogP contribution is 2.38. The van der Waals surface area contributed by atoms with E-state index in [1.54, 1.807) is 6.07 Å². The molecule has 0 spiro atoms. The van der Waals surface area contributed by atoms with Crippen molar-refractivity contribution in [2.75, 3.05) is 0 Å². The first-order chi connectivity index (χ1) is 11.9. The minimum absolute atomic E-state index is 0.285. The standard InChI is InChI=1S/C22H22O2S/c1-22(2,3)24-17-14-15-20(23)21(16-17)25(18-10-6-4-7-11-18)19-12-8-5-9-13-19/h4-16H,1-3H3/p+1. The fourth-order valence-electron chi connectivity index (χ4n) is 2.58. The highest BCUT2D eigenvalue weighted by Gasteiger charge is 2.32. The van der Waals surface area contributed by atoms with Gasteiger partial charge in [-0.2, -0.15) is 0 Å². The van der Waals surface area contributed by atoms with Gasteiger partial charge in [-0.15, -0.1) is 0 Å². The van der Waals surface area contributed by atoms with E-state index in [4.69, 9.17) is 4.74 Å². The predicted molar refractivity (Wildman–Crippen MR) is 104 cm³/mol. The van der Waals surface area contributed by atoms with Crippen LogP contribution in [0.5, 0.6) is 11.5 Å². The molecule has 0 radical (unpaired) electrons. The molecule has 3 heteroatoms. The fourth-order valence-corrected chi connectivity index (χ4v) is 4.73. The average molecular weight is 351 g/mol. The normalized spacial score (nSPS) is 11.5. The van der Waals surface area contributed by atoms with Crippen LogP contribution in [0.2, 0.25) is 0 Å². The molecule has 0 aliphatic rings. The number of benzene rings is 3. The summed E-state index contributed by atoms with van der Waals surface area (Å²) in [5.74, 6) is 1.06. The van der Waals surface area contributed by atoms with Crippen molar-refractivity contribution in [2.24, 2.45) is 0 Å². The van der Waals surface area contributed by atoms with Crippen molar-refractivity contribution < 1.29 is 9.84 Å². The van der Waals surface area contributed by atoms with Gasteiger partial charge in [0.25, 0.3) is 0 Å². The summed E-state index contributed by atoms with van der Waals surface area (Å²) >= 11 is 0. The largest absolute Gasteiger partial charge is 0.503 e. The second kappa shape index (κ2) is 7.24. The zero-order valence-corrected chi connectivity index (χ0v) is 15.6. The number of rotatable bonds is 4. The zero-order valence-electron chi connectivity index (χ0n) is 14.8. The van der Waals surface area contributed by atoms with Gasteiger partial charge in [-0.3, -0.25) is 0 Å². The van der Waals surface area contributed by atoms with Gasteiger partial charge in [0.2, 0.25) is 4.90 Å². The number of ether oxygens (including phenoxy) is 1. The lowest BCUT2D eigenvalue weighted by Gasteiger charge is -2.21. The van der Waals surface area contributed by atoms with Crippen LogP contribution in [0.1, 0.15) is 20.8 Å². The Kier molecular flexibility index (Phi) is 5.05. The van der Waals surface area contributed by atoms with Crippen molar-refractivity contribution in [3.8, 4) is 11.5 Å². The van der Waals surface area contributed by atoms with Crippen LogP contribution in [0, 0.1) is 0 Å². The van der Waals surface area contributed by atoms with Crippen molar-refractivity contribution in [1.82, 2.24) is 0 Å². The third-order valence-electron chi connectivity index (χ3n) is 3.53. The summed E-state index contributed by atoms with van der Waals surface area (Å²) in [7, 11) is -0.395. The van der Waals surface area contributed by atoms with Crippen molar-refractivity contribution >= 4 is 10.9 Å². The summed E-state index contributed by atoms with van der Waals surface area (Å²) in [6, 6.07) is 26.1. The highest BCUT2D eigenvalue weighted by molar-refractivity contribution is 7.97. The van der Waals surface area contributed by atoms with Gasteiger partial charge in [-0.1, -0.05) is 36.4 Å². The van der Waals surface area contributed by atoms with Crippen molar-refractivity contribution in [3.63, 3.8) is 0 Å². The molecule has 0 unspecified atom stereocenters. The van der Waals surface area contributed by atoms with Gasteiger partial charge in [0.05, 0.1) is 0 Å². The second-order valence-electron chi connectivity index (χ2n) is 6.78. The Labute approximate surface area is 152 Å². The smallest absolute Gasteiger partial charge is 0.211 e. The SMILES string of the molecule is CC(C)(C)Oc1ccc(O)c([S+](c2ccccc2)c2ccccc2)c1. The first kappa shape index (κ1) is 17.4. The summed E-state index contributed by atoms with van der Waals surface area (Å²) in [5, 5.41) is 10.6.